The van der Waals surface area contributed by atoms with E-state index in [0.29, 0.717) is 57.3 Å². The second-order valence-corrected chi connectivity index (χ2v) is 8.30. The Hall–Kier alpha value is -3.66. The number of hydrogen-bond donors (Lipinski definition) is 1. The number of amides is 1. The first-order valence-electron chi connectivity index (χ1n) is 11.0. The summed E-state index contributed by atoms with van der Waals surface area (Å²) in [7, 11) is 0. The SMILES string of the molecule is C#Cc1c(C)c(N2CCO[C@H](CC(=O)N3CCN(c4ncc(C(F)(F)F)cn4)CC3)C2)n[nH]c1=O. The predicted molar refractivity (Wildman–Crippen MR) is 120 cm³/mol. The number of aromatic amines is 1. The summed E-state index contributed by atoms with van der Waals surface area (Å²) in [5.41, 5.74) is -0.497. The van der Waals surface area contributed by atoms with Crippen molar-refractivity contribution in [2.75, 3.05) is 55.7 Å². The lowest BCUT2D eigenvalue weighted by atomic mass is 10.1. The summed E-state index contributed by atoms with van der Waals surface area (Å²) < 4.78 is 43.9. The van der Waals surface area contributed by atoms with Crippen molar-refractivity contribution in [1.29, 1.82) is 0 Å². The second-order valence-electron chi connectivity index (χ2n) is 8.30. The van der Waals surface area contributed by atoms with Crippen LogP contribution in [0.2, 0.25) is 0 Å². The smallest absolute Gasteiger partial charge is 0.374 e. The highest BCUT2D eigenvalue weighted by Crippen LogP contribution is 2.28. The molecular formula is C22H24F3N7O3. The molecule has 0 spiro atoms. The number of H-pyrrole nitrogens is 1. The first-order chi connectivity index (χ1) is 16.7. The molecule has 1 atom stereocenters. The highest BCUT2D eigenvalue weighted by Gasteiger charge is 2.32. The zero-order valence-electron chi connectivity index (χ0n) is 19.0. The molecule has 0 aromatic carbocycles. The number of hydrogen-bond acceptors (Lipinski definition) is 8. The van der Waals surface area contributed by atoms with Crippen LogP contribution in [0.5, 0.6) is 0 Å². The minimum Gasteiger partial charge on any atom is -0.374 e. The zero-order valence-corrected chi connectivity index (χ0v) is 19.0. The van der Waals surface area contributed by atoms with Crippen LogP contribution in [0.4, 0.5) is 24.9 Å². The van der Waals surface area contributed by atoms with Crippen LogP contribution in [0, 0.1) is 19.3 Å². The van der Waals surface area contributed by atoms with Gasteiger partial charge >= 0.3 is 6.18 Å². The minimum atomic E-state index is -4.49. The maximum absolute atomic E-state index is 12.9. The summed E-state index contributed by atoms with van der Waals surface area (Å²) in [6, 6.07) is 0. The van der Waals surface area contributed by atoms with Gasteiger partial charge < -0.3 is 19.4 Å². The third-order valence-corrected chi connectivity index (χ3v) is 6.07. The van der Waals surface area contributed by atoms with Crippen molar-refractivity contribution < 1.29 is 22.7 Å². The molecule has 35 heavy (non-hydrogen) atoms. The third kappa shape index (κ3) is 5.37. The molecular weight excluding hydrogens is 467 g/mol. The number of halogens is 3. The van der Waals surface area contributed by atoms with Crippen LogP contribution < -0.4 is 15.4 Å². The van der Waals surface area contributed by atoms with E-state index < -0.39 is 17.3 Å². The van der Waals surface area contributed by atoms with E-state index in [1.54, 1.807) is 16.7 Å². The van der Waals surface area contributed by atoms with Crippen LogP contribution in [-0.4, -0.2) is 83.0 Å². The largest absolute Gasteiger partial charge is 0.419 e. The number of nitrogens with zero attached hydrogens (tertiary/aromatic N) is 6. The number of ether oxygens (including phenoxy) is 1. The number of anilines is 2. The molecule has 4 rings (SSSR count). The van der Waals surface area contributed by atoms with E-state index in [4.69, 9.17) is 11.2 Å². The monoisotopic (exact) mass is 491 g/mol. The molecule has 0 bridgehead atoms. The standard InChI is InChI=1S/C22H24F3N7O3/c1-3-17-14(2)19(28-29-20(17)34)32-8-9-35-16(13-32)10-18(33)30-4-6-31(7-5-30)21-26-11-15(12-27-21)22(23,24)25/h1,11-12,16H,4-10,13H2,2H3,(H,29,34)/t16-/m1/s1. The molecule has 2 aliphatic heterocycles. The van der Waals surface area contributed by atoms with E-state index in [0.717, 1.165) is 12.4 Å². The maximum Gasteiger partial charge on any atom is 0.419 e. The molecule has 186 valence electrons. The van der Waals surface area contributed by atoms with Crippen LogP contribution >= 0.6 is 0 Å². The van der Waals surface area contributed by atoms with E-state index in [1.165, 1.54) is 0 Å². The molecule has 0 aliphatic carbocycles. The van der Waals surface area contributed by atoms with E-state index in [9.17, 15) is 22.8 Å². The summed E-state index contributed by atoms with van der Waals surface area (Å²) in [5.74, 6) is 3.06. The molecule has 2 aromatic rings. The summed E-state index contributed by atoms with van der Waals surface area (Å²) >= 11 is 0. The predicted octanol–water partition coefficient (Wildman–Crippen LogP) is 0.813. The number of rotatable bonds is 4. The average Bonchev–Trinajstić information content (AvgIpc) is 2.84. The Morgan fingerprint density at radius 2 is 1.89 bits per heavy atom. The number of alkyl halides is 3. The van der Waals surface area contributed by atoms with E-state index >= 15 is 0 Å². The van der Waals surface area contributed by atoms with Crippen molar-refractivity contribution in [3.8, 4) is 12.3 Å². The van der Waals surface area contributed by atoms with Gasteiger partial charge in [-0.1, -0.05) is 5.92 Å². The van der Waals surface area contributed by atoms with Crippen LogP contribution in [0.1, 0.15) is 23.1 Å². The van der Waals surface area contributed by atoms with Crippen LogP contribution in [0.15, 0.2) is 17.2 Å². The van der Waals surface area contributed by atoms with Crippen LogP contribution in [0.25, 0.3) is 0 Å². The number of morpholine rings is 1. The number of terminal acetylenes is 1. The Kier molecular flexibility index (Phi) is 6.93. The van der Waals surface area contributed by atoms with Crippen molar-refractivity contribution in [1.82, 2.24) is 25.1 Å². The number of nitrogens with one attached hydrogen (secondary N) is 1. The van der Waals surface area contributed by atoms with Gasteiger partial charge in [0, 0.05) is 57.2 Å². The fourth-order valence-electron chi connectivity index (χ4n) is 4.15. The zero-order chi connectivity index (χ0) is 25.2. The Labute approximate surface area is 199 Å². The fraction of sp³-hybridized carbons (Fsp3) is 0.500. The summed E-state index contributed by atoms with van der Waals surface area (Å²) in [4.78, 5) is 37.8. The van der Waals surface area contributed by atoms with E-state index in [2.05, 4.69) is 26.1 Å². The van der Waals surface area contributed by atoms with Gasteiger partial charge in [-0.15, -0.1) is 6.42 Å². The molecule has 1 N–H and O–H groups in total. The van der Waals surface area contributed by atoms with E-state index in [-0.39, 0.29) is 29.9 Å². The second kappa shape index (κ2) is 9.91. The normalized spacial score (nSPS) is 18.9. The molecule has 2 saturated heterocycles. The van der Waals surface area contributed by atoms with Crippen molar-refractivity contribution in [3.63, 3.8) is 0 Å². The van der Waals surface area contributed by atoms with Crippen molar-refractivity contribution >= 4 is 17.7 Å². The van der Waals surface area contributed by atoms with Gasteiger partial charge in [0.25, 0.3) is 5.56 Å². The van der Waals surface area contributed by atoms with Gasteiger partial charge in [-0.3, -0.25) is 9.59 Å². The highest BCUT2D eigenvalue weighted by molar-refractivity contribution is 5.77. The number of aromatic nitrogens is 4. The number of piperazine rings is 1. The van der Waals surface area contributed by atoms with Gasteiger partial charge in [-0.05, 0) is 6.92 Å². The summed E-state index contributed by atoms with van der Waals surface area (Å²) in [5, 5.41) is 6.55. The fourth-order valence-corrected chi connectivity index (χ4v) is 4.15. The molecule has 2 fully saturated rings. The highest BCUT2D eigenvalue weighted by atomic mass is 19.4. The van der Waals surface area contributed by atoms with Gasteiger partial charge in [0.15, 0.2) is 5.82 Å². The van der Waals surface area contributed by atoms with Crippen LogP contribution in [0.3, 0.4) is 0 Å². The van der Waals surface area contributed by atoms with Gasteiger partial charge in [0.2, 0.25) is 11.9 Å². The van der Waals surface area contributed by atoms with Gasteiger partial charge in [0.05, 0.1) is 30.3 Å². The Morgan fingerprint density at radius 1 is 1.20 bits per heavy atom. The van der Waals surface area contributed by atoms with Crippen molar-refractivity contribution in [2.24, 2.45) is 0 Å². The quantitative estimate of drug-likeness (QED) is 0.627. The maximum atomic E-state index is 12.9. The minimum absolute atomic E-state index is 0.0831. The van der Waals surface area contributed by atoms with Crippen molar-refractivity contribution in [2.45, 2.75) is 25.6 Å². The van der Waals surface area contributed by atoms with Crippen LogP contribution in [-0.2, 0) is 15.7 Å². The first-order valence-corrected chi connectivity index (χ1v) is 11.0. The molecule has 0 saturated carbocycles. The lowest BCUT2D eigenvalue weighted by molar-refractivity contribution is -0.138. The molecule has 0 radical (unpaired) electrons. The Morgan fingerprint density at radius 3 is 2.51 bits per heavy atom. The van der Waals surface area contributed by atoms with Gasteiger partial charge in [0.1, 0.15) is 0 Å². The molecule has 0 unspecified atom stereocenters. The van der Waals surface area contributed by atoms with E-state index in [1.807, 2.05) is 4.90 Å². The van der Waals surface area contributed by atoms with Gasteiger partial charge in [-0.25, -0.2) is 15.1 Å². The number of carbonyl (C=O) groups is 1. The Bertz CT molecular complexity index is 1170. The molecule has 4 heterocycles. The number of carbonyl (C=O) groups excluding carboxylic acids is 1. The third-order valence-electron chi connectivity index (χ3n) is 6.07. The average molecular weight is 491 g/mol. The van der Waals surface area contributed by atoms with Crippen molar-refractivity contribution in [3.05, 3.63) is 39.4 Å². The summed E-state index contributed by atoms with van der Waals surface area (Å²) in [6.45, 7) is 4.69. The Balaban J connectivity index is 1.32. The molecule has 10 nitrogen and oxygen atoms in total. The van der Waals surface area contributed by atoms with Gasteiger partial charge in [-0.2, -0.15) is 18.3 Å². The lowest BCUT2D eigenvalue weighted by Gasteiger charge is -2.37. The molecule has 13 heteroatoms. The molecule has 2 aromatic heterocycles. The molecule has 2 aliphatic rings. The first kappa shape index (κ1) is 24.5. The molecule has 1 amide bonds. The topological polar surface area (TPSA) is 108 Å². The lowest BCUT2D eigenvalue weighted by Crippen LogP contribution is -2.51. The summed E-state index contributed by atoms with van der Waals surface area (Å²) in [6.07, 6.45) is 2.28.